The number of aromatic nitrogens is 3. The molecule has 0 N–H and O–H groups in total. The Labute approximate surface area is 144 Å². The smallest absolute Gasteiger partial charge is 0.257 e. The monoisotopic (exact) mass is 348 g/mol. The van der Waals surface area contributed by atoms with Gasteiger partial charge in [0.1, 0.15) is 5.75 Å². The van der Waals surface area contributed by atoms with Gasteiger partial charge in [-0.3, -0.25) is 4.79 Å². The van der Waals surface area contributed by atoms with Crippen molar-refractivity contribution in [3.05, 3.63) is 40.7 Å². The number of hydrogen-bond donors (Lipinski definition) is 0. The normalized spacial score (nSPS) is 22.7. The molecule has 1 fully saturated rings. The first-order valence-electron chi connectivity index (χ1n) is 7.81. The van der Waals surface area contributed by atoms with Gasteiger partial charge >= 0.3 is 0 Å². The van der Waals surface area contributed by atoms with E-state index in [0.717, 1.165) is 12.1 Å². The van der Waals surface area contributed by atoms with Gasteiger partial charge in [-0.2, -0.15) is 0 Å². The van der Waals surface area contributed by atoms with E-state index in [1.807, 2.05) is 4.68 Å². The van der Waals surface area contributed by atoms with Crippen LogP contribution in [0.1, 0.15) is 28.5 Å². The van der Waals surface area contributed by atoms with Crippen LogP contribution in [0.3, 0.4) is 0 Å². The van der Waals surface area contributed by atoms with E-state index in [2.05, 4.69) is 10.3 Å². The number of amides is 1. The minimum absolute atomic E-state index is 0.0147. The van der Waals surface area contributed by atoms with Gasteiger partial charge < -0.3 is 14.4 Å². The summed E-state index contributed by atoms with van der Waals surface area (Å²) in [7, 11) is 1.54. The van der Waals surface area contributed by atoms with Gasteiger partial charge in [0.15, 0.2) is 0 Å². The van der Waals surface area contributed by atoms with Gasteiger partial charge in [0.2, 0.25) is 0 Å². The third kappa shape index (κ3) is 2.53. The predicted octanol–water partition coefficient (Wildman–Crippen LogP) is 1.93. The Hall–Kier alpha value is -2.12. The molecule has 1 saturated heterocycles. The molecule has 2 aliphatic rings. The van der Waals surface area contributed by atoms with Crippen LogP contribution in [0.25, 0.3) is 0 Å². The maximum Gasteiger partial charge on any atom is 0.257 e. The zero-order valence-electron chi connectivity index (χ0n) is 13.2. The number of methoxy groups -OCH3 is 1. The number of piperidine rings is 1. The Bertz CT molecular complexity index is 778. The van der Waals surface area contributed by atoms with Crippen LogP contribution < -0.4 is 4.74 Å². The van der Waals surface area contributed by atoms with Crippen molar-refractivity contribution in [2.75, 3.05) is 20.2 Å². The molecule has 2 aromatic rings. The van der Waals surface area contributed by atoms with Crippen LogP contribution in [0.2, 0.25) is 5.02 Å². The first-order valence-corrected chi connectivity index (χ1v) is 8.18. The van der Waals surface area contributed by atoms with Crippen LogP contribution in [0, 0.1) is 0 Å². The molecule has 0 bridgehead atoms. The minimum atomic E-state index is -0.0972. The van der Waals surface area contributed by atoms with Crippen LogP contribution in [0.4, 0.5) is 0 Å². The van der Waals surface area contributed by atoms with Crippen molar-refractivity contribution in [2.45, 2.75) is 25.2 Å². The van der Waals surface area contributed by atoms with E-state index in [9.17, 15) is 4.79 Å². The topological polar surface area (TPSA) is 69.5 Å². The summed E-state index contributed by atoms with van der Waals surface area (Å²) in [6.07, 6.45) is 2.53. The van der Waals surface area contributed by atoms with Crippen molar-refractivity contribution in [3.63, 3.8) is 0 Å². The molecule has 1 aromatic heterocycles. The summed E-state index contributed by atoms with van der Waals surface area (Å²) in [5.74, 6) is 0.424. The summed E-state index contributed by atoms with van der Waals surface area (Å²) in [6, 6.07) is 5.05. The number of halogens is 1. The third-order valence-corrected chi connectivity index (χ3v) is 4.84. The number of fused-ring (bicyclic) bond motifs is 3. The summed E-state index contributed by atoms with van der Waals surface area (Å²) in [5.41, 5.74) is 1.41. The SMILES string of the molecule is COc1ccc(Cl)cc1C(=O)N1CC[C@@H]2OCc3cnnn3[C@H]2C1. The van der Waals surface area contributed by atoms with Crippen LogP contribution in [0.5, 0.6) is 5.75 Å². The highest BCUT2D eigenvalue weighted by molar-refractivity contribution is 6.31. The van der Waals surface area contributed by atoms with Gasteiger partial charge in [-0.05, 0) is 24.6 Å². The molecule has 4 rings (SSSR count). The van der Waals surface area contributed by atoms with E-state index in [-0.39, 0.29) is 18.1 Å². The van der Waals surface area contributed by atoms with Crippen molar-refractivity contribution in [3.8, 4) is 5.75 Å². The number of ether oxygens (including phenoxy) is 2. The summed E-state index contributed by atoms with van der Waals surface area (Å²) in [6.45, 7) is 1.67. The molecular weight excluding hydrogens is 332 g/mol. The zero-order chi connectivity index (χ0) is 16.7. The molecule has 2 aliphatic heterocycles. The molecule has 3 heterocycles. The third-order valence-electron chi connectivity index (χ3n) is 4.61. The van der Waals surface area contributed by atoms with Crippen molar-refractivity contribution >= 4 is 17.5 Å². The Balaban J connectivity index is 1.61. The van der Waals surface area contributed by atoms with E-state index >= 15 is 0 Å². The summed E-state index contributed by atoms with van der Waals surface area (Å²) in [5, 5.41) is 8.62. The Morgan fingerprint density at radius 2 is 2.33 bits per heavy atom. The van der Waals surface area contributed by atoms with E-state index in [1.165, 1.54) is 0 Å². The second-order valence-electron chi connectivity index (χ2n) is 5.97. The molecule has 126 valence electrons. The second-order valence-corrected chi connectivity index (χ2v) is 6.41. The Morgan fingerprint density at radius 1 is 1.46 bits per heavy atom. The molecule has 0 aliphatic carbocycles. The molecule has 0 spiro atoms. The Morgan fingerprint density at radius 3 is 3.17 bits per heavy atom. The van der Waals surface area contributed by atoms with Gasteiger partial charge in [-0.15, -0.1) is 5.10 Å². The van der Waals surface area contributed by atoms with Gasteiger partial charge in [0.25, 0.3) is 5.91 Å². The van der Waals surface area contributed by atoms with E-state index < -0.39 is 0 Å². The molecule has 8 heteroatoms. The number of likely N-dealkylation sites (tertiary alicyclic amines) is 1. The molecule has 7 nitrogen and oxygen atoms in total. The van der Waals surface area contributed by atoms with Crippen molar-refractivity contribution in [2.24, 2.45) is 0 Å². The molecule has 1 amide bonds. The summed E-state index contributed by atoms with van der Waals surface area (Å²) < 4.78 is 13.1. The van der Waals surface area contributed by atoms with Crippen LogP contribution in [0.15, 0.2) is 24.4 Å². The largest absolute Gasteiger partial charge is 0.496 e. The van der Waals surface area contributed by atoms with E-state index in [1.54, 1.807) is 36.4 Å². The quantitative estimate of drug-likeness (QED) is 0.829. The first kappa shape index (κ1) is 15.4. The van der Waals surface area contributed by atoms with Crippen molar-refractivity contribution in [1.29, 1.82) is 0 Å². The fraction of sp³-hybridized carbons (Fsp3) is 0.438. The van der Waals surface area contributed by atoms with Gasteiger partial charge in [0.05, 0.1) is 43.3 Å². The van der Waals surface area contributed by atoms with Crippen LogP contribution in [-0.2, 0) is 11.3 Å². The maximum absolute atomic E-state index is 13.0. The zero-order valence-corrected chi connectivity index (χ0v) is 13.9. The van der Waals surface area contributed by atoms with Crippen LogP contribution in [-0.4, -0.2) is 52.1 Å². The molecule has 0 unspecified atom stereocenters. The van der Waals surface area contributed by atoms with Crippen molar-refractivity contribution < 1.29 is 14.3 Å². The lowest BCUT2D eigenvalue weighted by Crippen LogP contribution is -2.50. The van der Waals surface area contributed by atoms with Gasteiger partial charge in [0, 0.05) is 18.1 Å². The van der Waals surface area contributed by atoms with Crippen LogP contribution >= 0.6 is 11.6 Å². The standard InChI is InChI=1S/C16H17ClN4O3/c1-23-14-3-2-10(17)6-12(14)16(22)20-5-4-15-13(8-20)21-11(9-24-15)7-18-19-21/h2-3,6-7,13,15H,4-5,8-9H2,1H3/t13-,15-/m0/s1. The second kappa shape index (κ2) is 6.07. The average molecular weight is 349 g/mol. The summed E-state index contributed by atoms with van der Waals surface area (Å²) in [4.78, 5) is 14.8. The lowest BCUT2D eigenvalue weighted by atomic mass is 9.99. The number of benzene rings is 1. The fourth-order valence-electron chi connectivity index (χ4n) is 3.38. The molecule has 24 heavy (non-hydrogen) atoms. The predicted molar refractivity (Wildman–Crippen MR) is 86.2 cm³/mol. The maximum atomic E-state index is 13.0. The van der Waals surface area contributed by atoms with Crippen molar-refractivity contribution in [1.82, 2.24) is 19.9 Å². The summed E-state index contributed by atoms with van der Waals surface area (Å²) >= 11 is 6.05. The number of nitrogens with zero attached hydrogens (tertiary/aromatic N) is 4. The average Bonchev–Trinajstić information content (AvgIpc) is 3.10. The number of hydrogen-bond acceptors (Lipinski definition) is 5. The highest BCUT2D eigenvalue weighted by Crippen LogP contribution is 2.32. The molecular formula is C16H17ClN4O3. The molecule has 0 saturated carbocycles. The first-order chi connectivity index (χ1) is 11.7. The molecule has 0 radical (unpaired) electrons. The highest BCUT2D eigenvalue weighted by atomic mass is 35.5. The number of carbonyl (C=O) groups is 1. The van der Waals surface area contributed by atoms with Gasteiger partial charge in [-0.1, -0.05) is 16.8 Å². The van der Waals surface area contributed by atoms with Gasteiger partial charge in [-0.25, -0.2) is 4.68 Å². The lowest BCUT2D eigenvalue weighted by Gasteiger charge is -2.41. The Kier molecular flexibility index (Phi) is 3.90. The highest BCUT2D eigenvalue weighted by Gasteiger charge is 2.38. The lowest BCUT2D eigenvalue weighted by molar-refractivity contribution is -0.0605. The fourth-order valence-corrected chi connectivity index (χ4v) is 3.55. The number of carbonyl (C=O) groups excluding carboxylic acids is 1. The molecule has 2 atom stereocenters. The minimum Gasteiger partial charge on any atom is -0.496 e. The van der Waals surface area contributed by atoms with E-state index in [4.69, 9.17) is 21.1 Å². The molecule has 1 aromatic carbocycles. The van der Waals surface area contributed by atoms with E-state index in [0.29, 0.717) is 36.0 Å². The number of rotatable bonds is 2.